The number of benzene rings is 1. The minimum atomic E-state index is 0.225. The van der Waals surface area contributed by atoms with Crippen LogP contribution in [0.1, 0.15) is 37.8 Å². The van der Waals surface area contributed by atoms with Crippen molar-refractivity contribution in [3.05, 3.63) is 40.4 Å². The van der Waals surface area contributed by atoms with E-state index in [9.17, 15) is 0 Å². The smallest absolute Gasteiger partial charge is 0.125 e. The van der Waals surface area contributed by atoms with Crippen molar-refractivity contribution in [1.29, 1.82) is 0 Å². The number of ether oxygens (including phenoxy) is 1. The second-order valence-electron chi connectivity index (χ2n) is 4.71. The largest absolute Gasteiger partial charge is 0.486 e. The third kappa shape index (κ3) is 3.36. The van der Waals surface area contributed by atoms with Gasteiger partial charge in [0.15, 0.2) is 0 Å². The molecule has 0 saturated heterocycles. The van der Waals surface area contributed by atoms with Gasteiger partial charge in [-0.25, -0.2) is 0 Å². The Bertz CT molecular complexity index is 431. The van der Waals surface area contributed by atoms with Gasteiger partial charge in [0.1, 0.15) is 11.9 Å². The van der Waals surface area contributed by atoms with E-state index in [1.165, 1.54) is 18.4 Å². The number of halogens is 1. The average Bonchev–Trinajstić information content (AvgIpc) is 2.41. The van der Waals surface area contributed by atoms with Crippen LogP contribution in [0.3, 0.4) is 0 Å². The summed E-state index contributed by atoms with van der Waals surface area (Å²) in [7, 11) is 1.97. The van der Waals surface area contributed by atoms with Crippen LogP contribution < -0.4 is 10.1 Å². The number of nitrogens with one attached hydrogen (secondary N) is 1. The molecule has 1 aromatic rings. The first-order chi connectivity index (χ1) is 8.70. The van der Waals surface area contributed by atoms with Crippen LogP contribution in [0.25, 0.3) is 0 Å². The van der Waals surface area contributed by atoms with Crippen LogP contribution in [0.2, 0.25) is 0 Å². The molecule has 2 atom stereocenters. The summed E-state index contributed by atoms with van der Waals surface area (Å²) in [6.07, 6.45) is 8.13. The predicted octanol–water partition coefficient (Wildman–Crippen LogP) is 4.22. The molecule has 1 aliphatic rings. The van der Waals surface area contributed by atoms with Crippen molar-refractivity contribution < 1.29 is 4.74 Å². The topological polar surface area (TPSA) is 21.3 Å². The van der Waals surface area contributed by atoms with Gasteiger partial charge in [-0.2, -0.15) is 0 Å². The Labute approximate surface area is 118 Å². The summed E-state index contributed by atoms with van der Waals surface area (Å²) in [4.78, 5) is 0. The fraction of sp³-hybridized carbons (Fsp3) is 0.467. The van der Waals surface area contributed by atoms with E-state index in [0.717, 1.165) is 16.6 Å². The Morgan fingerprint density at radius 2 is 2.28 bits per heavy atom. The molecule has 1 aliphatic carbocycles. The molecule has 0 radical (unpaired) electrons. The third-order valence-corrected chi connectivity index (χ3v) is 3.85. The molecule has 2 rings (SSSR count). The zero-order valence-corrected chi connectivity index (χ0v) is 12.5. The van der Waals surface area contributed by atoms with Gasteiger partial charge in [0.05, 0.1) is 0 Å². The van der Waals surface area contributed by atoms with Crippen LogP contribution >= 0.6 is 15.9 Å². The van der Waals surface area contributed by atoms with E-state index in [1.54, 1.807) is 0 Å². The predicted molar refractivity (Wildman–Crippen MR) is 79.0 cm³/mol. The number of hydrogen-bond donors (Lipinski definition) is 1. The molecule has 2 nitrogen and oxygen atoms in total. The Hall–Kier alpha value is -0.800. The lowest BCUT2D eigenvalue weighted by molar-refractivity contribution is 0.226. The van der Waals surface area contributed by atoms with Crippen molar-refractivity contribution in [3.63, 3.8) is 0 Å². The number of hydrogen-bond acceptors (Lipinski definition) is 2. The molecule has 3 heteroatoms. The summed E-state index contributed by atoms with van der Waals surface area (Å²) in [5.41, 5.74) is 1.20. The van der Waals surface area contributed by atoms with Gasteiger partial charge in [0.2, 0.25) is 0 Å². The lowest BCUT2D eigenvalue weighted by Gasteiger charge is -2.22. The molecule has 0 spiro atoms. The van der Waals surface area contributed by atoms with Gasteiger partial charge in [-0.1, -0.05) is 22.0 Å². The first-order valence-corrected chi connectivity index (χ1v) is 7.30. The molecule has 98 valence electrons. The lowest BCUT2D eigenvalue weighted by Crippen LogP contribution is -2.19. The molecule has 18 heavy (non-hydrogen) atoms. The second-order valence-corrected chi connectivity index (χ2v) is 5.62. The van der Waals surface area contributed by atoms with E-state index in [1.807, 2.05) is 13.1 Å². The van der Waals surface area contributed by atoms with Crippen LogP contribution in [0, 0.1) is 0 Å². The Balaban J connectivity index is 2.20. The van der Waals surface area contributed by atoms with Gasteiger partial charge in [-0.05, 0) is 57.5 Å². The molecular formula is C15H20BrNO. The molecule has 0 aromatic heterocycles. The highest BCUT2D eigenvalue weighted by molar-refractivity contribution is 9.10. The van der Waals surface area contributed by atoms with Crippen LogP contribution in [0.5, 0.6) is 5.75 Å². The SMILES string of the molecule is CNC(C)c1cc(Br)ccc1OC1C=CCCC1. The highest BCUT2D eigenvalue weighted by atomic mass is 79.9. The third-order valence-electron chi connectivity index (χ3n) is 3.36. The maximum atomic E-state index is 6.12. The van der Waals surface area contributed by atoms with Gasteiger partial charge >= 0.3 is 0 Å². The van der Waals surface area contributed by atoms with Crippen LogP contribution in [-0.2, 0) is 0 Å². The summed E-state index contributed by atoms with van der Waals surface area (Å²) in [6, 6.07) is 6.50. The fourth-order valence-electron chi connectivity index (χ4n) is 2.16. The Morgan fingerprint density at radius 3 is 2.94 bits per heavy atom. The normalized spacial score (nSPS) is 20.7. The molecular weight excluding hydrogens is 290 g/mol. The maximum absolute atomic E-state index is 6.12. The minimum absolute atomic E-state index is 0.225. The van der Waals surface area contributed by atoms with Crippen molar-refractivity contribution in [2.75, 3.05) is 7.05 Å². The van der Waals surface area contributed by atoms with E-state index < -0.39 is 0 Å². The van der Waals surface area contributed by atoms with Gasteiger partial charge < -0.3 is 10.1 Å². The lowest BCUT2D eigenvalue weighted by atomic mass is 10.0. The zero-order valence-electron chi connectivity index (χ0n) is 10.9. The molecule has 2 unspecified atom stereocenters. The fourth-order valence-corrected chi connectivity index (χ4v) is 2.54. The summed E-state index contributed by atoms with van der Waals surface area (Å²) in [6.45, 7) is 2.14. The highest BCUT2D eigenvalue weighted by Gasteiger charge is 2.15. The van der Waals surface area contributed by atoms with Crippen LogP contribution in [-0.4, -0.2) is 13.2 Å². The standard InChI is InChI=1S/C15H20BrNO/c1-11(17-2)14-10-12(16)8-9-15(14)18-13-6-4-3-5-7-13/h4,6,8-11,13,17H,3,5,7H2,1-2H3. The molecule has 0 aliphatic heterocycles. The molecule has 0 saturated carbocycles. The zero-order chi connectivity index (χ0) is 13.0. The van der Waals surface area contributed by atoms with Crippen LogP contribution in [0.15, 0.2) is 34.8 Å². The van der Waals surface area contributed by atoms with E-state index in [4.69, 9.17) is 4.74 Å². The molecule has 1 aromatic carbocycles. The summed E-state index contributed by atoms with van der Waals surface area (Å²) >= 11 is 3.52. The first-order valence-electron chi connectivity index (χ1n) is 6.50. The van der Waals surface area contributed by atoms with E-state index >= 15 is 0 Å². The van der Waals surface area contributed by atoms with Gasteiger partial charge in [-0.15, -0.1) is 0 Å². The Kier molecular flexibility index (Phi) is 4.84. The second kappa shape index (κ2) is 6.39. The summed E-state index contributed by atoms with van der Waals surface area (Å²) in [5.74, 6) is 0.983. The van der Waals surface area contributed by atoms with Crippen molar-refractivity contribution >= 4 is 15.9 Å². The van der Waals surface area contributed by atoms with Crippen molar-refractivity contribution in [3.8, 4) is 5.75 Å². The van der Waals surface area contributed by atoms with Gasteiger partial charge in [-0.3, -0.25) is 0 Å². The highest BCUT2D eigenvalue weighted by Crippen LogP contribution is 2.30. The minimum Gasteiger partial charge on any atom is -0.486 e. The number of allylic oxidation sites excluding steroid dienone is 1. The first kappa shape index (κ1) is 13.6. The Morgan fingerprint density at radius 1 is 1.44 bits per heavy atom. The van der Waals surface area contributed by atoms with Gasteiger partial charge in [0, 0.05) is 16.1 Å². The van der Waals surface area contributed by atoms with Crippen molar-refractivity contribution in [2.24, 2.45) is 0 Å². The summed E-state index contributed by atoms with van der Waals surface area (Å²) in [5, 5.41) is 3.27. The average molecular weight is 310 g/mol. The van der Waals surface area contributed by atoms with E-state index in [-0.39, 0.29) is 12.1 Å². The van der Waals surface area contributed by atoms with E-state index in [2.05, 4.69) is 52.5 Å². The van der Waals surface area contributed by atoms with Gasteiger partial charge in [0.25, 0.3) is 0 Å². The maximum Gasteiger partial charge on any atom is 0.125 e. The molecule has 0 bridgehead atoms. The molecule has 0 amide bonds. The van der Waals surface area contributed by atoms with Crippen molar-refractivity contribution in [1.82, 2.24) is 5.32 Å². The quantitative estimate of drug-likeness (QED) is 0.841. The monoisotopic (exact) mass is 309 g/mol. The molecule has 1 N–H and O–H groups in total. The molecule has 0 heterocycles. The number of rotatable bonds is 4. The summed E-state index contributed by atoms with van der Waals surface area (Å²) < 4.78 is 7.21. The van der Waals surface area contributed by atoms with Crippen LogP contribution in [0.4, 0.5) is 0 Å². The van der Waals surface area contributed by atoms with Crippen molar-refractivity contribution in [2.45, 2.75) is 38.3 Å². The van der Waals surface area contributed by atoms with E-state index in [0.29, 0.717) is 0 Å². The molecule has 0 fully saturated rings.